The summed E-state index contributed by atoms with van der Waals surface area (Å²) in [5, 5.41) is 16.2. The van der Waals surface area contributed by atoms with Crippen LogP contribution in [0.5, 0.6) is 0 Å². The van der Waals surface area contributed by atoms with Crippen LogP contribution in [0.4, 0.5) is 4.39 Å². The minimum atomic E-state index is -0.284. The molecule has 0 spiro atoms. The van der Waals surface area contributed by atoms with E-state index < -0.39 is 0 Å². The van der Waals surface area contributed by atoms with Gasteiger partial charge in [-0.2, -0.15) is 10.2 Å². The van der Waals surface area contributed by atoms with E-state index in [0.29, 0.717) is 58.8 Å². The molecule has 2 aliphatic heterocycles. The first kappa shape index (κ1) is 34.7. The number of nitrogens with zero attached hydrogens (tertiary/aromatic N) is 5. The average molecular weight is 763 g/mol. The first-order chi connectivity index (χ1) is 24.7. The third-order valence-corrected chi connectivity index (χ3v) is 10.5. The zero-order valence-electron chi connectivity index (χ0n) is 26.8. The summed E-state index contributed by atoms with van der Waals surface area (Å²) in [6.45, 7) is 2.02. The van der Waals surface area contributed by atoms with E-state index in [0.717, 1.165) is 51.5 Å². The van der Waals surface area contributed by atoms with Crippen LogP contribution >= 0.6 is 46.4 Å². The van der Waals surface area contributed by atoms with Crippen molar-refractivity contribution in [3.8, 4) is 22.5 Å². The van der Waals surface area contributed by atoms with Gasteiger partial charge in [-0.1, -0.05) is 58.5 Å². The zero-order valence-corrected chi connectivity index (χ0v) is 29.8. The van der Waals surface area contributed by atoms with Gasteiger partial charge in [-0.25, -0.2) is 4.39 Å². The van der Waals surface area contributed by atoms with Crippen molar-refractivity contribution in [3.05, 3.63) is 145 Å². The van der Waals surface area contributed by atoms with Gasteiger partial charge in [0.2, 0.25) is 0 Å². The largest absolute Gasteiger partial charge is 0.332 e. The van der Waals surface area contributed by atoms with Crippen LogP contribution in [-0.4, -0.2) is 60.1 Å². The summed E-state index contributed by atoms with van der Waals surface area (Å²) in [5.41, 5.74) is 8.43. The van der Waals surface area contributed by atoms with E-state index in [1.54, 1.807) is 70.7 Å². The molecule has 0 bridgehead atoms. The highest BCUT2D eigenvalue weighted by Gasteiger charge is 2.29. The first-order valence-electron chi connectivity index (χ1n) is 15.9. The molecule has 2 amide bonds. The Balaban J connectivity index is 0.000000159. The molecule has 0 saturated carbocycles. The van der Waals surface area contributed by atoms with Crippen molar-refractivity contribution in [2.45, 2.75) is 25.9 Å². The number of hydrogen-bond acceptors (Lipinski definition) is 5. The van der Waals surface area contributed by atoms with Crippen molar-refractivity contribution in [3.63, 3.8) is 0 Å². The number of nitrogens with one attached hydrogen (secondary N) is 2. The van der Waals surface area contributed by atoms with Crippen LogP contribution < -0.4 is 0 Å². The number of aromatic amines is 2. The van der Waals surface area contributed by atoms with E-state index in [1.165, 1.54) is 12.1 Å². The Morgan fingerprint density at radius 3 is 1.55 bits per heavy atom. The molecule has 2 aliphatic rings. The molecule has 258 valence electrons. The summed E-state index contributed by atoms with van der Waals surface area (Å²) in [7, 11) is 0. The zero-order chi connectivity index (χ0) is 35.6. The summed E-state index contributed by atoms with van der Waals surface area (Å²) in [6, 6.07) is 20.2. The van der Waals surface area contributed by atoms with Crippen molar-refractivity contribution in [2.24, 2.45) is 0 Å². The van der Waals surface area contributed by atoms with Crippen LogP contribution in [0.3, 0.4) is 0 Å². The van der Waals surface area contributed by atoms with Crippen molar-refractivity contribution in [1.29, 1.82) is 0 Å². The van der Waals surface area contributed by atoms with Crippen LogP contribution in [0.25, 0.3) is 22.5 Å². The van der Waals surface area contributed by atoms with E-state index in [9.17, 15) is 14.0 Å². The maximum Gasteiger partial charge on any atom is 0.255 e. The molecule has 2 N–H and O–H groups in total. The number of halogens is 5. The molecule has 6 aromatic rings. The fraction of sp³-hybridized carbons (Fsp3) is 0.162. The molecule has 14 heteroatoms. The van der Waals surface area contributed by atoms with Gasteiger partial charge >= 0.3 is 0 Å². The number of fused-ring (bicyclic) bond motifs is 2. The summed E-state index contributed by atoms with van der Waals surface area (Å²) >= 11 is 24.4. The SMILES string of the molecule is O=C(c1cccc(Cl)c1Cl)N1CCc2c(-c3ccc(F)cc3)n[nH]c2C1.O=C(c1cccc(Cl)c1Cl)N1CCc2c(-c3ccncc3)n[nH]c2C1. The molecule has 0 radical (unpaired) electrons. The summed E-state index contributed by atoms with van der Waals surface area (Å²) < 4.78 is 13.1. The van der Waals surface area contributed by atoms with Crippen LogP contribution in [-0.2, 0) is 25.9 Å². The Bertz CT molecular complexity index is 2240. The molecule has 3 aromatic heterocycles. The van der Waals surface area contributed by atoms with Gasteiger partial charge in [0.15, 0.2) is 0 Å². The van der Waals surface area contributed by atoms with Crippen LogP contribution in [0.15, 0.2) is 85.2 Å². The Labute approximate surface area is 312 Å². The molecule has 51 heavy (non-hydrogen) atoms. The Kier molecular flexibility index (Phi) is 10.1. The Morgan fingerprint density at radius 1 is 0.627 bits per heavy atom. The number of benzene rings is 3. The third kappa shape index (κ3) is 7.10. The second kappa shape index (κ2) is 14.9. The number of carbonyl (C=O) groups excluding carboxylic acids is 2. The number of carbonyl (C=O) groups is 2. The van der Waals surface area contributed by atoms with Gasteiger partial charge in [0.25, 0.3) is 11.8 Å². The van der Waals surface area contributed by atoms with Gasteiger partial charge in [-0.3, -0.25) is 24.8 Å². The van der Waals surface area contributed by atoms with Crippen molar-refractivity contribution in [2.75, 3.05) is 13.1 Å². The molecule has 9 nitrogen and oxygen atoms in total. The predicted octanol–water partition coefficient (Wildman–Crippen LogP) is 8.70. The van der Waals surface area contributed by atoms with Crippen LogP contribution in [0.2, 0.25) is 20.1 Å². The highest BCUT2D eigenvalue weighted by molar-refractivity contribution is 6.44. The standard InChI is InChI=1S/C19H14Cl2FN3O.C18H14Cl2N4O/c20-15-3-1-2-14(17(15)21)19(26)25-9-8-13-16(10-25)23-24-18(13)11-4-6-12(22)7-5-11;19-14-3-1-2-13(16(14)20)18(25)24-9-6-12-15(10-24)22-23-17(12)11-4-7-21-8-5-11/h1-7H,8-10H2,(H,23,24);1-5,7-8H,6,9-10H2,(H,22,23). The van der Waals surface area contributed by atoms with E-state index in [1.807, 2.05) is 12.1 Å². The van der Waals surface area contributed by atoms with Gasteiger partial charge in [0.1, 0.15) is 5.82 Å². The Hall–Kier alpha value is -4.74. The number of hydrogen-bond donors (Lipinski definition) is 2. The number of H-pyrrole nitrogens is 2. The molecule has 0 atom stereocenters. The second-order valence-electron chi connectivity index (χ2n) is 12.0. The molecule has 3 aromatic carbocycles. The molecule has 0 fully saturated rings. The fourth-order valence-corrected chi connectivity index (χ4v) is 7.02. The van der Waals surface area contributed by atoms with E-state index >= 15 is 0 Å². The maximum atomic E-state index is 13.1. The predicted molar refractivity (Wildman–Crippen MR) is 196 cm³/mol. The number of amides is 2. The van der Waals surface area contributed by atoms with Gasteiger partial charge in [-0.05, 0) is 73.5 Å². The summed E-state index contributed by atoms with van der Waals surface area (Å²) in [4.78, 5) is 33.1. The normalized spacial score (nSPS) is 13.6. The van der Waals surface area contributed by atoms with E-state index in [2.05, 4.69) is 25.4 Å². The van der Waals surface area contributed by atoms with Gasteiger partial charge in [0.05, 0.1) is 67.1 Å². The first-order valence-corrected chi connectivity index (χ1v) is 17.5. The van der Waals surface area contributed by atoms with Crippen LogP contribution in [0.1, 0.15) is 43.2 Å². The Morgan fingerprint density at radius 2 is 1.08 bits per heavy atom. The molecular formula is C37H28Cl4FN7O2. The third-order valence-electron chi connectivity index (χ3n) is 8.88. The van der Waals surface area contributed by atoms with Gasteiger partial charge < -0.3 is 9.80 Å². The van der Waals surface area contributed by atoms with Gasteiger partial charge in [0, 0.05) is 47.7 Å². The molecule has 0 aliphatic carbocycles. The quantitative estimate of drug-likeness (QED) is 0.187. The molecule has 0 unspecified atom stereocenters. The average Bonchev–Trinajstić information content (AvgIpc) is 3.78. The lowest BCUT2D eigenvalue weighted by atomic mass is 9.99. The second-order valence-corrected chi connectivity index (χ2v) is 13.5. The highest BCUT2D eigenvalue weighted by Crippen LogP contribution is 2.33. The summed E-state index contributed by atoms with van der Waals surface area (Å²) in [5.74, 6) is -0.576. The van der Waals surface area contributed by atoms with E-state index in [4.69, 9.17) is 46.4 Å². The molecule has 8 rings (SSSR count). The minimum Gasteiger partial charge on any atom is -0.332 e. The monoisotopic (exact) mass is 761 g/mol. The topological polar surface area (TPSA) is 111 Å². The van der Waals surface area contributed by atoms with Gasteiger partial charge in [-0.15, -0.1) is 0 Å². The summed E-state index contributed by atoms with van der Waals surface area (Å²) in [6.07, 6.45) is 4.88. The molecule has 5 heterocycles. The lowest BCUT2D eigenvalue weighted by molar-refractivity contribution is 0.0725. The number of rotatable bonds is 4. The maximum absolute atomic E-state index is 13.1. The highest BCUT2D eigenvalue weighted by atomic mass is 35.5. The minimum absolute atomic E-state index is 0.127. The fourth-order valence-electron chi connectivity index (χ4n) is 6.26. The van der Waals surface area contributed by atoms with Crippen LogP contribution in [0, 0.1) is 5.82 Å². The van der Waals surface area contributed by atoms with E-state index in [-0.39, 0.29) is 22.7 Å². The van der Waals surface area contributed by atoms with Crippen molar-refractivity contribution >= 4 is 58.2 Å². The molecular weight excluding hydrogens is 735 g/mol. The number of aromatic nitrogens is 5. The van der Waals surface area contributed by atoms with Crippen molar-refractivity contribution in [1.82, 2.24) is 35.2 Å². The number of pyridine rings is 1. The lowest BCUT2D eigenvalue weighted by Crippen LogP contribution is -2.36. The lowest BCUT2D eigenvalue weighted by Gasteiger charge is -2.27. The molecule has 0 saturated heterocycles. The smallest absolute Gasteiger partial charge is 0.255 e. The van der Waals surface area contributed by atoms with Crippen molar-refractivity contribution < 1.29 is 14.0 Å².